The van der Waals surface area contributed by atoms with Gasteiger partial charge in [0.25, 0.3) is 0 Å². The molecule has 0 aliphatic carbocycles. The zero-order chi connectivity index (χ0) is 50.0. The average Bonchev–Trinajstić information content (AvgIpc) is 3.97. The third-order valence-electron chi connectivity index (χ3n) is 11.9. The number of hydrogen-bond donors (Lipinski definition) is 3. The van der Waals surface area contributed by atoms with Gasteiger partial charge in [0.15, 0.2) is 0 Å². The molecule has 0 saturated carbocycles. The number of fused-ring (bicyclic) bond motifs is 1. The Morgan fingerprint density at radius 3 is 2.11 bits per heavy atom. The van der Waals surface area contributed by atoms with Gasteiger partial charge in [-0.15, -0.1) is 11.3 Å². The van der Waals surface area contributed by atoms with Crippen molar-refractivity contribution in [3.63, 3.8) is 0 Å². The van der Waals surface area contributed by atoms with Crippen molar-refractivity contribution in [2.75, 3.05) is 53.3 Å². The Morgan fingerprint density at radius 2 is 1.47 bits per heavy atom. The van der Waals surface area contributed by atoms with Gasteiger partial charge in [0.1, 0.15) is 36.9 Å². The number of β-amino-alcohol motifs (C(OH)–C–C–N with tert-alkyl or cyclic N) is 1. The van der Waals surface area contributed by atoms with Gasteiger partial charge in [0.05, 0.1) is 72.5 Å². The smallest absolute Gasteiger partial charge is 0.407 e. The lowest BCUT2D eigenvalue weighted by Crippen LogP contribution is -2.57. The average molecular weight is 976 g/mol. The fraction of sp³-hybridized carbons (Fsp3) is 0.358. The molecule has 3 amide bonds. The number of esters is 1. The van der Waals surface area contributed by atoms with Crippen LogP contribution in [0.5, 0.6) is 5.75 Å². The molecule has 0 radical (unpaired) electrons. The number of aliphatic hydroxyl groups excluding tert-OH is 1. The van der Waals surface area contributed by atoms with E-state index in [-0.39, 0.29) is 51.5 Å². The van der Waals surface area contributed by atoms with Crippen LogP contribution >= 0.6 is 11.3 Å². The van der Waals surface area contributed by atoms with Crippen molar-refractivity contribution < 1.29 is 52.4 Å². The Bertz CT molecular complexity index is 2780. The van der Waals surface area contributed by atoms with Gasteiger partial charge >= 0.3 is 12.1 Å². The van der Waals surface area contributed by atoms with Crippen LogP contribution in [0, 0.1) is 25.1 Å². The molecule has 1 fully saturated rings. The standard InChI is InChI=1S/C53H58FN5O10S/c1-32-45(51(63)65-6)42-27-39(54)17-20-43(42)57-46(32)37-13-11-35(12-14-37)36-15-18-41(19-16-36)68-25-23-66-21-22-67-24-26-69-52(64)58-48(53(3,4)5)50(62)59-30-40(60)28-44(59)49(61)55-29-34-7-9-38(10-8-34)47-33(2)56-31-70-47/h7-20,27,31,40,44,48,60H,21-26,28-30H2,1-6H3,(H,55,61)(H,58,64)/t40-,44+,48-/m1/s1. The van der Waals surface area contributed by atoms with Gasteiger partial charge in [-0.25, -0.2) is 23.9 Å². The first-order chi connectivity index (χ1) is 33.6. The number of halogens is 1. The number of pyridine rings is 1. The third kappa shape index (κ3) is 12.7. The molecular weight excluding hydrogens is 918 g/mol. The van der Waals surface area contributed by atoms with Gasteiger partial charge in [-0.3, -0.25) is 9.59 Å². The van der Waals surface area contributed by atoms with Crippen LogP contribution in [-0.4, -0.2) is 115 Å². The van der Waals surface area contributed by atoms with Crippen LogP contribution in [0.3, 0.4) is 0 Å². The molecule has 17 heteroatoms. The maximum absolute atomic E-state index is 14.1. The molecular formula is C53H58FN5O10S. The number of likely N-dealkylation sites (tertiary alicyclic amines) is 1. The fourth-order valence-corrected chi connectivity index (χ4v) is 9.03. The molecule has 1 aliphatic heterocycles. The predicted octanol–water partition coefficient (Wildman–Crippen LogP) is 8.07. The number of rotatable bonds is 19. The maximum Gasteiger partial charge on any atom is 0.407 e. The Kier molecular flexibility index (Phi) is 16.9. The normalized spacial score (nSPS) is 15.1. The number of ether oxygens (including phenoxy) is 5. The predicted molar refractivity (Wildman–Crippen MR) is 264 cm³/mol. The lowest BCUT2D eigenvalue weighted by Gasteiger charge is -2.35. The number of amides is 3. The first-order valence-corrected chi connectivity index (χ1v) is 23.9. The summed E-state index contributed by atoms with van der Waals surface area (Å²) in [5.74, 6) is -1.23. The van der Waals surface area contributed by atoms with Crippen molar-refractivity contribution in [3.05, 3.63) is 125 Å². The van der Waals surface area contributed by atoms with Gasteiger partial charge in [-0.05, 0) is 77.4 Å². The quantitative estimate of drug-likeness (QED) is 0.0524. The van der Waals surface area contributed by atoms with Crippen LogP contribution in [0.1, 0.15) is 54.4 Å². The number of carbonyl (C=O) groups excluding carboxylic acids is 4. The Hall–Kier alpha value is -6.79. The number of thiazole rings is 1. The van der Waals surface area contributed by atoms with E-state index in [9.17, 15) is 28.7 Å². The highest BCUT2D eigenvalue weighted by molar-refractivity contribution is 7.13. The van der Waals surface area contributed by atoms with Crippen LogP contribution in [0.25, 0.3) is 43.7 Å². The molecule has 7 rings (SSSR count). The van der Waals surface area contributed by atoms with Gasteiger partial charge < -0.3 is 44.3 Å². The number of aryl methyl sites for hydroxylation is 1. The second-order valence-corrected chi connectivity index (χ2v) is 18.8. The summed E-state index contributed by atoms with van der Waals surface area (Å²) in [4.78, 5) is 64.4. The molecule has 6 aromatic rings. The van der Waals surface area contributed by atoms with Crippen molar-refractivity contribution in [1.29, 1.82) is 0 Å². The summed E-state index contributed by atoms with van der Waals surface area (Å²) in [6.45, 7) is 10.5. The molecule has 0 bridgehead atoms. The minimum atomic E-state index is -1.04. The van der Waals surface area contributed by atoms with E-state index in [0.717, 1.165) is 38.4 Å². The first kappa shape index (κ1) is 51.1. The summed E-state index contributed by atoms with van der Waals surface area (Å²) in [6.07, 6.45) is -1.63. The van der Waals surface area contributed by atoms with Crippen molar-refractivity contribution in [2.45, 2.75) is 65.8 Å². The lowest BCUT2D eigenvalue weighted by atomic mass is 9.85. The molecule has 368 valence electrons. The topological polar surface area (TPSA) is 188 Å². The van der Waals surface area contributed by atoms with E-state index >= 15 is 0 Å². The van der Waals surface area contributed by atoms with Gasteiger partial charge in [-0.2, -0.15) is 0 Å². The maximum atomic E-state index is 14.1. The molecule has 4 aromatic carbocycles. The Balaban J connectivity index is 0.788. The summed E-state index contributed by atoms with van der Waals surface area (Å²) in [5, 5.41) is 16.5. The highest BCUT2D eigenvalue weighted by Crippen LogP contribution is 2.33. The molecule has 0 spiro atoms. The summed E-state index contributed by atoms with van der Waals surface area (Å²) in [5.41, 5.74) is 8.66. The summed E-state index contributed by atoms with van der Waals surface area (Å²) in [6, 6.07) is 25.5. The van der Waals surface area contributed by atoms with Crippen LogP contribution in [0.15, 0.2) is 96.5 Å². The van der Waals surface area contributed by atoms with Gasteiger partial charge in [-0.1, -0.05) is 81.4 Å². The Labute approximate surface area is 410 Å². The number of aliphatic hydroxyl groups is 1. The Morgan fingerprint density at radius 1 is 0.843 bits per heavy atom. The first-order valence-electron chi connectivity index (χ1n) is 23.0. The molecule has 2 aromatic heterocycles. The van der Waals surface area contributed by atoms with Gasteiger partial charge in [0.2, 0.25) is 11.8 Å². The van der Waals surface area contributed by atoms with Crippen LogP contribution in [-0.2, 0) is 35.1 Å². The molecule has 1 saturated heterocycles. The molecule has 3 heterocycles. The number of carbonyl (C=O) groups is 4. The minimum Gasteiger partial charge on any atom is -0.491 e. The second-order valence-electron chi connectivity index (χ2n) is 17.9. The molecule has 70 heavy (non-hydrogen) atoms. The number of alkyl carbamates (subject to hydrolysis) is 1. The number of methoxy groups -OCH3 is 1. The molecule has 15 nitrogen and oxygen atoms in total. The summed E-state index contributed by atoms with van der Waals surface area (Å²) < 4.78 is 41.5. The highest BCUT2D eigenvalue weighted by Gasteiger charge is 2.44. The lowest BCUT2D eigenvalue weighted by molar-refractivity contribution is -0.142. The number of aromatic nitrogens is 2. The number of hydrogen-bond acceptors (Lipinski definition) is 13. The minimum absolute atomic E-state index is 0.0428. The monoisotopic (exact) mass is 975 g/mol. The van der Waals surface area contributed by atoms with Crippen LogP contribution in [0.4, 0.5) is 9.18 Å². The number of nitrogens with zero attached hydrogens (tertiary/aromatic N) is 3. The van der Waals surface area contributed by atoms with Crippen molar-refractivity contribution in [2.24, 2.45) is 5.41 Å². The van der Waals surface area contributed by atoms with E-state index in [1.807, 2.05) is 79.7 Å². The third-order valence-corrected chi connectivity index (χ3v) is 12.9. The molecule has 0 unspecified atom stereocenters. The van der Waals surface area contributed by atoms with E-state index < -0.39 is 53.3 Å². The zero-order valence-electron chi connectivity index (χ0n) is 40.1. The van der Waals surface area contributed by atoms with Crippen molar-refractivity contribution in [3.8, 4) is 38.6 Å². The molecule has 1 aliphatic rings. The van der Waals surface area contributed by atoms with Crippen molar-refractivity contribution in [1.82, 2.24) is 25.5 Å². The van der Waals surface area contributed by atoms with E-state index in [0.29, 0.717) is 41.1 Å². The molecule has 3 N–H and O–H groups in total. The van der Waals surface area contributed by atoms with E-state index in [1.54, 1.807) is 50.6 Å². The summed E-state index contributed by atoms with van der Waals surface area (Å²) in [7, 11) is 1.30. The van der Waals surface area contributed by atoms with Crippen molar-refractivity contribution >= 4 is 46.1 Å². The fourth-order valence-electron chi connectivity index (χ4n) is 8.21. The van der Waals surface area contributed by atoms with E-state index in [2.05, 4.69) is 15.6 Å². The van der Waals surface area contributed by atoms with E-state index in [1.165, 1.54) is 24.1 Å². The largest absolute Gasteiger partial charge is 0.491 e. The summed E-state index contributed by atoms with van der Waals surface area (Å²) >= 11 is 1.56. The zero-order valence-corrected chi connectivity index (χ0v) is 40.9. The number of benzene rings is 4. The van der Waals surface area contributed by atoms with Gasteiger partial charge in [0, 0.05) is 30.5 Å². The SMILES string of the molecule is COC(=O)c1c(C)c(-c2ccc(-c3ccc(OCCOCCOCCOC(=O)N[C@H](C(=O)N4C[C@H](O)C[C@H]4C(=O)NCc4ccc(-c5scnc5C)cc4)C(C)(C)C)cc3)cc2)nc2ccc(F)cc12. The van der Waals surface area contributed by atoms with E-state index in [4.69, 9.17) is 28.7 Å². The molecule has 3 atom stereocenters. The van der Waals surface area contributed by atoms with Crippen LogP contribution < -0.4 is 15.4 Å². The number of nitrogens with one attached hydrogen (secondary N) is 2. The second kappa shape index (κ2) is 23.2. The van der Waals surface area contributed by atoms with Crippen LogP contribution in [0.2, 0.25) is 0 Å². The highest BCUT2D eigenvalue weighted by atomic mass is 32.1.